The molecule has 0 aliphatic heterocycles. The molecule has 0 heterocycles. The maximum atomic E-state index is 10.7. The molecule has 0 atom stereocenters. The Labute approximate surface area is 89.7 Å². The Balaban J connectivity index is 2.70. The van der Waals surface area contributed by atoms with Crippen molar-refractivity contribution >= 4 is 5.97 Å². The quantitative estimate of drug-likeness (QED) is 0.756. The number of carboxylic acids is 1. The molecule has 0 fully saturated rings. The monoisotopic (exact) mass is 208 g/mol. The van der Waals surface area contributed by atoms with Gasteiger partial charge in [0.1, 0.15) is 0 Å². The van der Waals surface area contributed by atoms with Crippen molar-refractivity contribution in [2.24, 2.45) is 0 Å². The predicted octanol–water partition coefficient (Wildman–Crippen LogP) is 2.62. The lowest BCUT2D eigenvalue weighted by Gasteiger charge is -2.07. The fourth-order valence-electron chi connectivity index (χ4n) is 1.32. The lowest BCUT2D eigenvalue weighted by molar-refractivity contribution is 0.0696. The van der Waals surface area contributed by atoms with Gasteiger partial charge in [-0.1, -0.05) is 13.0 Å². The van der Waals surface area contributed by atoms with Crippen LogP contribution in [0, 0.1) is 6.92 Å². The highest BCUT2D eigenvalue weighted by molar-refractivity contribution is 5.87. The van der Waals surface area contributed by atoms with E-state index >= 15 is 0 Å². The fourth-order valence-corrected chi connectivity index (χ4v) is 1.32. The zero-order valence-corrected chi connectivity index (χ0v) is 9.12. The molecule has 1 N–H and O–H groups in total. The van der Waals surface area contributed by atoms with Crippen LogP contribution in [0.15, 0.2) is 18.2 Å². The van der Waals surface area contributed by atoms with Crippen LogP contribution in [-0.4, -0.2) is 17.7 Å². The lowest BCUT2D eigenvalue weighted by atomic mass is 10.1. The first-order valence-electron chi connectivity index (χ1n) is 5.05. The van der Waals surface area contributed by atoms with Crippen molar-refractivity contribution in [3.8, 4) is 0 Å². The third-order valence-corrected chi connectivity index (χ3v) is 2.20. The highest BCUT2D eigenvalue weighted by atomic mass is 16.5. The summed E-state index contributed by atoms with van der Waals surface area (Å²) in [5, 5.41) is 8.78. The minimum absolute atomic E-state index is 0.326. The summed E-state index contributed by atoms with van der Waals surface area (Å²) in [6.45, 7) is 5.25. The third-order valence-electron chi connectivity index (χ3n) is 2.20. The van der Waals surface area contributed by atoms with E-state index < -0.39 is 5.97 Å². The molecule has 0 aromatic heterocycles. The predicted molar refractivity (Wildman–Crippen MR) is 58.1 cm³/mol. The van der Waals surface area contributed by atoms with Gasteiger partial charge in [-0.2, -0.15) is 0 Å². The van der Waals surface area contributed by atoms with Crippen molar-refractivity contribution in [3.05, 3.63) is 34.9 Å². The van der Waals surface area contributed by atoms with Gasteiger partial charge in [0.15, 0.2) is 0 Å². The van der Waals surface area contributed by atoms with Crippen molar-refractivity contribution in [2.45, 2.75) is 26.9 Å². The van der Waals surface area contributed by atoms with Crippen LogP contribution in [-0.2, 0) is 11.3 Å². The van der Waals surface area contributed by atoms with E-state index in [0.717, 1.165) is 24.2 Å². The Morgan fingerprint density at radius 2 is 2.20 bits per heavy atom. The van der Waals surface area contributed by atoms with Gasteiger partial charge in [0, 0.05) is 6.61 Å². The van der Waals surface area contributed by atoms with Crippen molar-refractivity contribution < 1.29 is 14.6 Å². The van der Waals surface area contributed by atoms with Crippen LogP contribution >= 0.6 is 0 Å². The Bertz CT molecular complexity index is 345. The van der Waals surface area contributed by atoms with Crippen LogP contribution in [0.5, 0.6) is 0 Å². The maximum absolute atomic E-state index is 10.7. The zero-order valence-electron chi connectivity index (χ0n) is 9.12. The molecule has 0 amide bonds. The molecule has 3 heteroatoms. The minimum Gasteiger partial charge on any atom is -0.478 e. The molecule has 0 radical (unpaired) electrons. The summed E-state index contributed by atoms with van der Waals surface area (Å²) >= 11 is 0. The normalized spacial score (nSPS) is 10.3. The second-order valence-corrected chi connectivity index (χ2v) is 3.50. The van der Waals surface area contributed by atoms with Crippen molar-refractivity contribution in [3.63, 3.8) is 0 Å². The van der Waals surface area contributed by atoms with Gasteiger partial charge in [-0.3, -0.25) is 0 Å². The van der Waals surface area contributed by atoms with Gasteiger partial charge < -0.3 is 9.84 Å². The Hall–Kier alpha value is -1.35. The summed E-state index contributed by atoms with van der Waals surface area (Å²) in [6.07, 6.45) is 0.992. The Kier molecular flexibility index (Phi) is 4.31. The molecular weight excluding hydrogens is 192 g/mol. The molecule has 0 saturated carbocycles. The van der Waals surface area contributed by atoms with Crippen LogP contribution < -0.4 is 0 Å². The second-order valence-electron chi connectivity index (χ2n) is 3.50. The molecule has 82 valence electrons. The van der Waals surface area contributed by atoms with Crippen LogP contribution in [0.25, 0.3) is 0 Å². The highest BCUT2D eigenvalue weighted by Gasteiger charge is 2.05. The van der Waals surface area contributed by atoms with Gasteiger partial charge in [-0.05, 0) is 36.6 Å². The maximum Gasteiger partial charge on any atom is 0.335 e. The van der Waals surface area contributed by atoms with Gasteiger partial charge >= 0.3 is 5.97 Å². The number of hydrogen-bond donors (Lipinski definition) is 1. The molecule has 1 rings (SSSR count). The van der Waals surface area contributed by atoms with E-state index in [1.165, 1.54) is 0 Å². The van der Waals surface area contributed by atoms with E-state index in [-0.39, 0.29) is 0 Å². The number of carbonyl (C=O) groups is 1. The standard InChI is InChI=1S/C12H16O3/c1-3-6-15-8-11-5-4-10(12(13)14)7-9(11)2/h4-5,7H,3,6,8H2,1-2H3,(H,13,14). The van der Waals surface area contributed by atoms with Crippen LogP contribution in [0.1, 0.15) is 34.8 Å². The number of ether oxygens (including phenoxy) is 1. The minimum atomic E-state index is -0.890. The Morgan fingerprint density at radius 1 is 1.47 bits per heavy atom. The fraction of sp³-hybridized carbons (Fsp3) is 0.417. The third kappa shape index (κ3) is 3.36. The summed E-state index contributed by atoms with van der Waals surface area (Å²) in [5.41, 5.74) is 2.34. The molecule has 1 aromatic rings. The second kappa shape index (κ2) is 5.51. The number of aromatic carboxylic acids is 1. The van der Waals surface area contributed by atoms with E-state index in [0.29, 0.717) is 12.2 Å². The summed E-state index contributed by atoms with van der Waals surface area (Å²) in [4.78, 5) is 10.7. The SMILES string of the molecule is CCCOCc1ccc(C(=O)O)cc1C. The van der Waals surface area contributed by atoms with Crippen LogP contribution in [0.3, 0.4) is 0 Å². The summed E-state index contributed by atoms with van der Waals surface area (Å²) in [6, 6.07) is 5.10. The topological polar surface area (TPSA) is 46.5 Å². The molecule has 0 bridgehead atoms. The first-order chi connectivity index (χ1) is 7.15. The Morgan fingerprint density at radius 3 is 2.73 bits per heavy atom. The van der Waals surface area contributed by atoms with Crippen molar-refractivity contribution in [2.75, 3.05) is 6.61 Å². The van der Waals surface area contributed by atoms with Crippen LogP contribution in [0.2, 0.25) is 0 Å². The van der Waals surface area contributed by atoms with E-state index in [4.69, 9.17) is 9.84 Å². The van der Waals surface area contributed by atoms with Gasteiger partial charge in [-0.15, -0.1) is 0 Å². The summed E-state index contributed by atoms with van der Waals surface area (Å²) in [5.74, 6) is -0.890. The van der Waals surface area contributed by atoms with Crippen molar-refractivity contribution in [1.29, 1.82) is 0 Å². The first-order valence-corrected chi connectivity index (χ1v) is 5.05. The molecule has 0 saturated heterocycles. The number of aryl methyl sites for hydroxylation is 1. The molecule has 0 aliphatic carbocycles. The summed E-state index contributed by atoms with van der Waals surface area (Å²) < 4.78 is 5.40. The largest absolute Gasteiger partial charge is 0.478 e. The van der Waals surface area contributed by atoms with Gasteiger partial charge in [0.2, 0.25) is 0 Å². The van der Waals surface area contributed by atoms with Gasteiger partial charge in [0.05, 0.1) is 12.2 Å². The van der Waals surface area contributed by atoms with E-state index in [2.05, 4.69) is 6.92 Å². The average Bonchev–Trinajstić information content (AvgIpc) is 2.20. The molecular formula is C12H16O3. The van der Waals surface area contributed by atoms with Gasteiger partial charge in [0.25, 0.3) is 0 Å². The highest BCUT2D eigenvalue weighted by Crippen LogP contribution is 2.12. The number of hydrogen-bond acceptors (Lipinski definition) is 2. The molecule has 0 spiro atoms. The van der Waals surface area contributed by atoms with Crippen molar-refractivity contribution in [1.82, 2.24) is 0 Å². The van der Waals surface area contributed by atoms with Crippen LogP contribution in [0.4, 0.5) is 0 Å². The van der Waals surface area contributed by atoms with E-state index in [1.54, 1.807) is 12.1 Å². The first kappa shape index (κ1) is 11.7. The molecule has 15 heavy (non-hydrogen) atoms. The van der Waals surface area contributed by atoms with E-state index in [1.807, 2.05) is 13.0 Å². The number of rotatable bonds is 5. The molecule has 0 aliphatic rings. The molecule has 1 aromatic carbocycles. The molecule has 0 unspecified atom stereocenters. The lowest BCUT2D eigenvalue weighted by Crippen LogP contribution is -2.00. The number of carboxylic acid groups (broad SMARTS) is 1. The average molecular weight is 208 g/mol. The number of benzene rings is 1. The molecule has 3 nitrogen and oxygen atoms in total. The smallest absolute Gasteiger partial charge is 0.335 e. The summed E-state index contributed by atoms with van der Waals surface area (Å²) in [7, 11) is 0. The van der Waals surface area contributed by atoms with Gasteiger partial charge in [-0.25, -0.2) is 4.79 Å². The zero-order chi connectivity index (χ0) is 11.3. The van der Waals surface area contributed by atoms with E-state index in [9.17, 15) is 4.79 Å².